The van der Waals surface area contributed by atoms with Gasteiger partial charge < -0.3 is 4.74 Å². The first kappa shape index (κ1) is 25.9. The molecule has 3 aromatic heterocycles. The number of hydrogen-bond donors (Lipinski definition) is 0. The van der Waals surface area contributed by atoms with Crippen molar-refractivity contribution in [2.45, 2.75) is 45.4 Å². The fraction of sp³-hybridized carbons (Fsp3) is 0.345. The molecule has 5 rings (SSSR count). The normalized spacial score (nSPS) is 11.6. The first-order valence-corrected chi connectivity index (χ1v) is 13.5. The van der Waals surface area contributed by atoms with E-state index in [9.17, 15) is 9.59 Å². The van der Waals surface area contributed by atoms with E-state index in [0.717, 1.165) is 33.7 Å². The predicted octanol–water partition coefficient (Wildman–Crippen LogP) is 5.74. The molecule has 0 aliphatic carbocycles. The van der Waals surface area contributed by atoms with Crippen molar-refractivity contribution in [3.8, 4) is 22.7 Å². The summed E-state index contributed by atoms with van der Waals surface area (Å²) in [6, 6.07) is 15.4. The van der Waals surface area contributed by atoms with Crippen molar-refractivity contribution in [1.82, 2.24) is 23.1 Å². The minimum Gasteiger partial charge on any atom is -0.494 e. The number of rotatable bonds is 10. The molecule has 0 bridgehead atoms. The lowest BCUT2D eigenvalue weighted by Crippen LogP contribution is -2.37. The third kappa shape index (κ3) is 4.76. The molecule has 0 N–H and O–H groups in total. The van der Waals surface area contributed by atoms with Crippen molar-refractivity contribution >= 4 is 28.5 Å². The second-order valence-corrected chi connectivity index (χ2v) is 10.1. The number of aromatic nitrogens is 5. The van der Waals surface area contributed by atoms with E-state index >= 15 is 0 Å². The van der Waals surface area contributed by atoms with Crippen LogP contribution in [0.1, 0.15) is 45.4 Å². The topological polar surface area (TPSA) is 75.5 Å². The molecule has 0 saturated carbocycles. The number of halogens is 1. The van der Waals surface area contributed by atoms with Gasteiger partial charge in [0.25, 0.3) is 5.56 Å². The smallest absolute Gasteiger partial charge is 0.332 e. The second kappa shape index (κ2) is 10.9. The summed E-state index contributed by atoms with van der Waals surface area (Å²) in [6.07, 6.45) is 9.18. The summed E-state index contributed by atoms with van der Waals surface area (Å²) in [5, 5.41) is 0.637. The highest BCUT2D eigenvalue weighted by atomic mass is 35.5. The Bertz CT molecular complexity index is 1690. The Labute approximate surface area is 225 Å². The molecule has 0 fully saturated rings. The fourth-order valence-corrected chi connectivity index (χ4v) is 4.94. The van der Waals surface area contributed by atoms with Gasteiger partial charge in [0.15, 0.2) is 11.2 Å². The Morgan fingerprint density at radius 2 is 1.55 bits per heavy atom. The third-order valence-electron chi connectivity index (χ3n) is 6.97. The molecule has 0 amide bonds. The van der Waals surface area contributed by atoms with Gasteiger partial charge in [-0.2, -0.15) is 4.98 Å². The minimum absolute atomic E-state index is 0.336. The summed E-state index contributed by atoms with van der Waals surface area (Å²) in [7, 11) is 3.10. The van der Waals surface area contributed by atoms with Gasteiger partial charge in [0.05, 0.1) is 12.3 Å². The summed E-state index contributed by atoms with van der Waals surface area (Å²) in [5.41, 5.74) is 2.48. The van der Waals surface area contributed by atoms with Gasteiger partial charge in [-0.15, -0.1) is 0 Å². The van der Waals surface area contributed by atoms with Gasteiger partial charge in [-0.25, -0.2) is 4.79 Å². The quantitative estimate of drug-likeness (QED) is 0.215. The molecule has 9 heteroatoms. The summed E-state index contributed by atoms with van der Waals surface area (Å²) in [5.74, 6) is 1.34. The highest BCUT2D eigenvalue weighted by Gasteiger charge is 2.21. The van der Waals surface area contributed by atoms with E-state index in [1.807, 2.05) is 59.3 Å². The molecule has 0 aliphatic rings. The van der Waals surface area contributed by atoms with Crippen LogP contribution in [0, 0.1) is 0 Å². The molecular formula is C29H32ClN5O3. The molecule has 198 valence electrons. The van der Waals surface area contributed by atoms with E-state index in [4.69, 9.17) is 21.3 Å². The summed E-state index contributed by atoms with van der Waals surface area (Å²) in [6.45, 7) is 2.92. The molecule has 5 aromatic rings. The number of ether oxygens (including phenoxy) is 1. The summed E-state index contributed by atoms with van der Waals surface area (Å²) >= 11 is 6.15. The van der Waals surface area contributed by atoms with E-state index in [0.29, 0.717) is 28.6 Å². The first-order valence-electron chi connectivity index (χ1n) is 13.1. The highest BCUT2D eigenvalue weighted by Crippen LogP contribution is 2.30. The third-order valence-corrected chi connectivity index (χ3v) is 7.22. The molecule has 0 saturated heterocycles. The van der Waals surface area contributed by atoms with Gasteiger partial charge in [0, 0.05) is 36.6 Å². The van der Waals surface area contributed by atoms with Crippen LogP contribution in [0.3, 0.4) is 0 Å². The van der Waals surface area contributed by atoms with Crippen molar-refractivity contribution in [1.29, 1.82) is 0 Å². The summed E-state index contributed by atoms with van der Waals surface area (Å²) < 4.78 is 12.2. The molecule has 38 heavy (non-hydrogen) atoms. The number of imidazole rings is 2. The minimum atomic E-state index is -0.417. The Morgan fingerprint density at radius 1 is 0.868 bits per heavy atom. The van der Waals surface area contributed by atoms with Crippen LogP contribution in [-0.4, -0.2) is 29.7 Å². The zero-order valence-electron chi connectivity index (χ0n) is 22.0. The van der Waals surface area contributed by atoms with Crippen molar-refractivity contribution in [2.24, 2.45) is 14.1 Å². The van der Waals surface area contributed by atoms with Crippen molar-refractivity contribution in [3.05, 3.63) is 80.6 Å². The predicted molar refractivity (Wildman–Crippen MR) is 152 cm³/mol. The van der Waals surface area contributed by atoms with Gasteiger partial charge in [-0.05, 0) is 42.8 Å². The number of benzene rings is 2. The molecule has 0 atom stereocenters. The van der Waals surface area contributed by atoms with Crippen molar-refractivity contribution in [3.63, 3.8) is 0 Å². The molecule has 0 radical (unpaired) electrons. The SMILES string of the molecule is CCCCCCCCOc1ccc(-n2c(-c3ccc(Cl)cc3)cn3c4c(=O)n(C)c(=O)n(C)c4nc23)cc1. The van der Waals surface area contributed by atoms with E-state index in [2.05, 4.69) is 6.92 Å². The number of nitrogens with zero attached hydrogens (tertiary/aromatic N) is 5. The van der Waals surface area contributed by atoms with Crippen molar-refractivity contribution in [2.75, 3.05) is 6.61 Å². The van der Waals surface area contributed by atoms with Crippen LogP contribution in [-0.2, 0) is 14.1 Å². The zero-order valence-corrected chi connectivity index (χ0v) is 22.7. The van der Waals surface area contributed by atoms with Crippen LogP contribution in [0.15, 0.2) is 64.3 Å². The van der Waals surface area contributed by atoms with Crippen LogP contribution < -0.4 is 16.0 Å². The van der Waals surface area contributed by atoms with Gasteiger partial charge in [-0.1, -0.05) is 62.8 Å². The molecule has 0 spiro atoms. The Morgan fingerprint density at radius 3 is 2.26 bits per heavy atom. The largest absolute Gasteiger partial charge is 0.494 e. The standard InChI is InChI=1S/C29H32ClN5O3/c1-4-5-6-7-8-9-18-38-23-16-14-22(15-17-23)35-24(20-10-12-21(30)13-11-20)19-34-25-26(31-28(34)35)32(2)29(37)33(3)27(25)36/h10-17,19H,4-9,18H2,1-3H3. The average molecular weight is 534 g/mol. The molecule has 3 heterocycles. The van der Waals surface area contributed by atoms with E-state index in [1.54, 1.807) is 11.4 Å². The Hall–Kier alpha value is -3.78. The van der Waals surface area contributed by atoms with Crippen LogP contribution in [0.25, 0.3) is 33.9 Å². The van der Waals surface area contributed by atoms with Gasteiger partial charge in [-0.3, -0.25) is 22.9 Å². The van der Waals surface area contributed by atoms with E-state index < -0.39 is 11.2 Å². The summed E-state index contributed by atoms with van der Waals surface area (Å²) in [4.78, 5) is 30.4. The maximum atomic E-state index is 13.1. The average Bonchev–Trinajstić information content (AvgIpc) is 3.48. The maximum absolute atomic E-state index is 13.1. The Balaban J connectivity index is 1.54. The maximum Gasteiger partial charge on any atom is 0.332 e. The number of unbranched alkanes of at least 4 members (excludes halogenated alkanes) is 5. The lowest BCUT2D eigenvalue weighted by atomic mass is 10.1. The van der Waals surface area contributed by atoms with E-state index in [-0.39, 0.29) is 0 Å². The molecule has 0 unspecified atom stereocenters. The molecule has 2 aromatic carbocycles. The molecular weight excluding hydrogens is 502 g/mol. The van der Waals surface area contributed by atoms with Crippen LogP contribution in [0.2, 0.25) is 5.02 Å². The van der Waals surface area contributed by atoms with Gasteiger partial charge in [0.1, 0.15) is 5.75 Å². The monoisotopic (exact) mass is 533 g/mol. The molecule has 8 nitrogen and oxygen atoms in total. The molecule has 0 aliphatic heterocycles. The number of aryl methyl sites for hydroxylation is 1. The van der Waals surface area contributed by atoms with Crippen LogP contribution >= 0.6 is 11.6 Å². The van der Waals surface area contributed by atoms with Crippen LogP contribution in [0.5, 0.6) is 5.75 Å². The second-order valence-electron chi connectivity index (χ2n) is 9.63. The van der Waals surface area contributed by atoms with Gasteiger partial charge >= 0.3 is 5.69 Å². The first-order chi connectivity index (χ1) is 18.4. The van der Waals surface area contributed by atoms with Gasteiger partial charge in [0.2, 0.25) is 5.78 Å². The zero-order chi connectivity index (χ0) is 26.8. The van der Waals surface area contributed by atoms with Crippen molar-refractivity contribution < 1.29 is 4.74 Å². The number of hydrogen-bond acceptors (Lipinski definition) is 4. The van der Waals surface area contributed by atoms with E-state index in [1.165, 1.54) is 43.7 Å². The Kier molecular flexibility index (Phi) is 7.42. The lowest BCUT2D eigenvalue weighted by Gasteiger charge is -2.11. The lowest BCUT2D eigenvalue weighted by molar-refractivity contribution is 0.304. The highest BCUT2D eigenvalue weighted by molar-refractivity contribution is 6.30. The fourth-order valence-electron chi connectivity index (χ4n) is 4.81. The van der Waals surface area contributed by atoms with Crippen LogP contribution in [0.4, 0.5) is 0 Å². The number of fused-ring (bicyclic) bond motifs is 3.